The highest BCUT2D eigenvalue weighted by atomic mass is 35.5. The Kier molecular flexibility index (Phi) is 11.7. The molecule has 0 aliphatic rings. The summed E-state index contributed by atoms with van der Waals surface area (Å²) in [6, 6.07) is 21.9. The Morgan fingerprint density at radius 3 is 2.22 bits per heavy atom. The van der Waals surface area contributed by atoms with Crippen molar-refractivity contribution in [2.45, 2.75) is 51.1 Å². The fourth-order valence-corrected chi connectivity index (χ4v) is 5.07. The Balaban J connectivity index is 1.87. The summed E-state index contributed by atoms with van der Waals surface area (Å²) >= 11 is 19.9. The molecule has 8 heteroatoms. The highest BCUT2D eigenvalue weighted by molar-refractivity contribution is 7.99. The Hall–Kier alpha value is -2.18. The van der Waals surface area contributed by atoms with Crippen LogP contribution in [0.3, 0.4) is 0 Å². The smallest absolute Gasteiger partial charge is 0.243 e. The lowest BCUT2D eigenvalue weighted by Crippen LogP contribution is -2.52. The second kappa shape index (κ2) is 14.7. The Morgan fingerprint density at radius 2 is 1.57 bits per heavy atom. The molecule has 1 N–H and O–H groups in total. The van der Waals surface area contributed by atoms with Gasteiger partial charge in [0.05, 0.1) is 15.8 Å². The molecule has 0 aromatic heterocycles. The van der Waals surface area contributed by atoms with Crippen LogP contribution in [0.1, 0.15) is 37.0 Å². The SMILES string of the molecule is CC[C@H](C)NC(=O)[C@H](Cc1ccccc1)N(Cc1ccc(Cl)c(Cl)c1)C(=O)CSCc1ccc(Cl)cc1. The van der Waals surface area contributed by atoms with Crippen LogP contribution >= 0.6 is 46.6 Å². The van der Waals surface area contributed by atoms with Gasteiger partial charge in [0, 0.05) is 29.8 Å². The fourth-order valence-electron chi connectivity index (χ4n) is 3.75. The summed E-state index contributed by atoms with van der Waals surface area (Å²) in [4.78, 5) is 28.9. The number of nitrogens with zero attached hydrogens (tertiary/aromatic N) is 1. The number of halogens is 3. The molecule has 3 aromatic carbocycles. The highest BCUT2D eigenvalue weighted by Gasteiger charge is 2.31. The van der Waals surface area contributed by atoms with Gasteiger partial charge in [-0.25, -0.2) is 0 Å². The van der Waals surface area contributed by atoms with Gasteiger partial charge in [0.1, 0.15) is 6.04 Å². The van der Waals surface area contributed by atoms with Gasteiger partial charge in [0.2, 0.25) is 11.8 Å². The first-order valence-electron chi connectivity index (χ1n) is 12.2. The summed E-state index contributed by atoms with van der Waals surface area (Å²) in [7, 11) is 0. The molecule has 0 aliphatic carbocycles. The van der Waals surface area contributed by atoms with Crippen LogP contribution in [0.25, 0.3) is 0 Å². The number of hydrogen-bond acceptors (Lipinski definition) is 3. The molecule has 3 aromatic rings. The van der Waals surface area contributed by atoms with E-state index in [4.69, 9.17) is 34.8 Å². The molecule has 0 radical (unpaired) electrons. The number of thioether (sulfide) groups is 1. The van der Waals surface area contributed by atoms with Crippen LogP contribution in [0.5, 0.6) is 0 Å². The zero-order valence-electron chi connectivity index (χ0n) is 20.9. The number of benzene rings is 3. The quantitative estimate of drug-likeness (QED) is 0.243. The molecule has 0 saturated carbocycles. The van der Waals surface area contributed by atoms with Crippen molar-refractivity contribution in [1.82, 2.24) is 10.2 Å². The third kappa shape index (κ3) is 9.26. The molecule has 196 valence electrons. The van der Waals surface area contributed by atoms with Crippen LogP contribution in [0.2, 0.25) is 15.1 Å². The van der Waals surface area contributed by atoms with E-state index in [1.165, 1.54) is 11.8 Å². The van der Waals surface area contributed by atoms with Crippen LogP contribution in [0, 0.1) is 0 Å². The van der Waals surface area contributed by atoms with Crippen LogP contribution in [0.4, 0.5) is 0 Å². The molecule has 4 nitrogen and oxygen atoms in total. The van der Waals surface area contributed by atoms with Crippen molar-refractivity contribution < 1.29 is 9.59 Å². The maximum atomic E-state index is 13.7. The number of amides is 2. The second-order valence-corrected chi connectivity index (χ2v) is 11.1. The largest absolute Gasteiger partial charge is 0.352 e. The highest BCUT2D eigenvalue weighted by Crippen LogP contribution is 2.25. The third-order valence-electron chi connectivity index (χ3n) is 6.02. The van der Waals surface area contributed by atoms with Crippen LogP contribution in [-0.2, 0) is 28.3 Å². The van der Waals surface area contributed by atoms with E-state index in [0.29, 0.717) is 27.2 Å². The van der Waals surface area contributed by atoms with Gasteiger partial charge >= 0.3 is 0 Å². The zero-order valence-corrected chi connectivity index (χ0v) is 24.0. The van der Waals surface area contributed by atoms with Gasteiger partial charge in [-0.15, -0.1) is 11.8 Å². The normalized spacial score (nSPS) is 12.6. The van der Waals surface area contributed by atoms with Gasteiger partial charge in [0.15, 0.2) is 0 Å². The molecule has 0 heterocycles. The average molecular weight is 578 g/mol. The first-order valence-corrected chi connectivity index (χ1v) is 14.5. The van der Waals surface area contributed by atoms with Gasteiger partial charge < -0.3 is 10.2 Å². The van der Waals surface area contributed by atoms with Crippen molar-refractivity contribution in [3.63, 3.8) is 0 Å². The third-order valence-corrected chi connectivity index (χ3v) is 8.00. The summed E-state index contributed by atoms with van der Waals surface area (Å²) in [6.07, 6.45) is 1.19. The molecule has 0 unspecified atom stereocenters. The van der Waals surface area contributed by atoms with Gasteiger partial charge in [-0.2, -0.15) is 0 Å². The van der Waals surface area contributed by atoms with E-state index in [1.54, 1.807) is 17.0 Å². The van der Waals surface area contributed by atoms with E-state index in [0.717, 1.165) is 23.1 Å². The van der Waals surface area contributed by atoms with E-state index in [9.17, 15) is 9.59 Å². The molecule has 2 amide bonds. The summed E-state index contributed by atoms with van der Waals surface area (Å²) in [6.45, 7) is 4.22. The van der Waals surface area contributed by atoms with Crippen LogP contribution in [-0.4, -0.2) is 34.6 Å². The number of hydrogen-bond donors (Lipinski definition) is 1. The molecule has 0 bridgehead atoms. The second-order valence-electron chi connectivity index (χ2n) is 8.91. The minimum Gasteiger partial charge on any atom is -0.352 e. The molecule has 0 spiro atoms. The predicted molar refractivity (Wildman–Crippen MR) is 156 cm³/mol. The topological polar surface area (TPSA) is 49.4 Å². The summed E-state index contributed by atoms with van der Waals surface area (Å²) in [5.74, 6) is 0.595. The van der Waals surface area contributed by atoms with E-state index < -0.39 is 6.04 Å². The summed E-state index contributed by atoms with van der Waals surface area (Å²) < 4.78 is 0. The molecular weight excluding hydrogens is 547 g/mol. The van der Waals surface area contributed by atoms with E-state index in [1.807, 2.05) is 74.5 Å². The van der Waals surface area contributed by atoms with Gasteiger partial charge in [-0.3, -0.25) is 9.59 Å². The number of nitrogens with one attached hydrogen (secondary N) is 1. The average Bonchev–Trinajstić information content (AvgIpc) is 2.89. The lowest BCUT2D eigenvalue weighted by molar-refractivity contribution is -0.139. The van der Waals surface area contributed by atoms with E-state index >= 15 is 0 Å². The molecule has 2 atom stereocenters. The van der Waals surface area contributed by atoms with E-state index in [-0.39, 0.29) is 30.2 Å². The van der Waals surface area contributed by atoms with Crippen molar-refractivity contribution in [3.8, 4) is 0 Å². The van der Waals surface area contributed by atoms with Crippen molar-refractivity contribution >= 4 is 58.4 Å². The standard InChI is InChI=1S/C29H31Cl3N2O2S/c1-3-20(2)33-29(36)27(16-21-7-5-4-6-8-21)34(17-23-11-14-25(31)26(32)15-23)28(35)19-37-18-22-9-12-24(30)13-10-22/h4-15,20,27H,3,16-19H2,1-2H3,(H,33,36)/t20-,27-/m0/s1. The van der Waals surface area contributed by atoms with Gasteiger partial charge in [-0.05, 0) is 54.3 Å². The van der Waals surface area contributed by atoms with Crippen molar-refractivity contribution in [1.29, 1.82) is 0 Å². The molecule has 3 rings (SSSR count). The lowest BCUT2D eigenvalue weighted by atomic mass is 10.0. The maximum absolute atomic E-state index is 13.7. The summed E-state index contributed by atoms with van der Waals surface area (Å²) in [5, 5.41) is 4.61. The first-order chi connectivity index (χ1) is 17.8. The van der Waals surface area contributed by atoms with Crippen molar-refractivity contribution in [3.05, 3.63) is 105 Å². The molecule has 0 aliphatic heterocycles. The zero-order chi connectivity index (χ0) is 26.8. The minimum absolute atomic E-state index is 0.00742. The summed E-state index contributed by atoms with van der Waals surface area (Å²) in [5.41, 5.74) is 2.86. The van der Waals surface area contributed by atoms with E-state index in [2.05, 4.69) is 5.32 Å². The fraction of sp³-hybridized carbons (Fsp3) is 0.310. The van der Waals surface area contributed by atoms with Gasteiger partial charge in [-0.1, -0.05) is 90.3 Å². The maximum Gasteiger partial charge on any atom is 0.243 e. The van der Waals surface area contributed by atoms with Crippen molar-refractivity contribution in [2.24, 2.45) is 0 Å². The Morgan fingerprint density at radius 1 is 0.892 bits per heavy atom. The van der Waals surface area contributed by atoms with Crippen molar-refractivity contribution in [2.75, 3.05) is 5.75 Å². The Bertz CT molecular complexity index is 1180. The lowest BCUT2D eigenvalue weighted by Gasteiger charge is -2.32. The number of carbonyl (C=O) groups excluding carboxylic acids is 2. The van der Waals surface area contributed by atoms with Crippen LogP contribution < -0.4 is 5.32 Å². The molecule has 0 fully saturated rings. The molecule has 37 heavy (non-hydrogen) atoms. The van der Waals surface area contributed by atoms with Gasteiger partial charge in [0.25, 0.3) is 0 Å². The Labute approximate surface area is 238 Å². The molecular formula is C29H31Cl3N2O2S. The minimum atomic E-state index is -0.686. The monoisotopic (exact) mass is 576 g/mol. The van der Waals surface area contributed by atoms with Crippen LogP contribution in [0.15, 0.2) is 72.8 Å². The number of rotatable bonds is 12. The predicted octanol–water partition coefficient (Wildman–Crippen LogP) is 7.43. The molecule has 0 saturated heterocycles. The first kappa shape index (κ1) is 29.4. The number of carbonyl (C=O) groups is 2.